The van der Waals surface area contributed by atoms with Crippen LogP contribution in [-0.4, -0.2) is 38.6 Å². The molecule has 1 amide bonds. The maximum atomic E-state index is 11.8. The van der Waals surface area contributed by atoms with Gasteiger partial charge in [0.25, 0.3) is 0 Å². The van der Waals surface area contributed by atoms with Crippen LogP contribution in [0.4, 0.5) is 4.79 Å². The minimum atomic E-state index is -2.02. The quantitative estimate of drug-likeness (QED) is 0.285. The zero-order chi connectivity index (χ0) is 23.5. The molecule has 0 bridgehead atoms. The lowest BCUT2D eigenvalue weighted by molar-refractivity contribution is 0.143. The fourth-order valence-electron chi connectivity index (χ4n) is 3.74. The maximum Gasteiger partial charge on any atom is 0.421 e. The van der Waals surface area contributed by atoms with Crippen molar-refractivity contribution in [2.45, 2.75) is 91.0 Å². The van der Waals surface area contributed by atoms with Gasteiger partial charge < -0.3 is 9.16 Å². The Balaban J connectivity index is 5.24. The molecule has 0 aromatic rings. The molecule has 0 aliphatic carbocycles. The van der Waals surface area contributed by atoms with Crippen molar-refractivity contribution in [3.63, 3.8) is 0 Å². The number of allylic oxidation sites excluding steroid dienone is 1. The highest BCUT2D eigenvalue weighted by atomic mass is 28.4. The van der Waals surface area contributed by atoms with E-state index in [2.05, 4.69) is 83.8 Å². The van der Waals surface area contributed by atoms with E-state index in [1.807, 2.05) is 13.8 Å². The van der Waals surface area contributed by atoms with Gasteiger partial charge in [-0.3, -0.25) is 0 Å². The minimum Gasteiger partial charge on any atom is -0.452 e. The molecular weight excluding hydrogens is 390 g/mol. The van der Waals surface area contributed by atoms with Crippen molar-refractivity contribution in [1.29, 1.82) is 0 Å². The van der Waals surface area contributed by atoms with E-state index in [0.29, 0.717) is 35.2 Å². The van der Waals surface area contributed by atoms with Gasteiger partial charge in [0.05, 0.1) is 7.11 Å². The second-order valence-corrected chi connectivity index (χ2v) is 14.2. The summed E-state index contributed by atoms with van der Waals surface area (Å²) in [6, 6.07) is 2.73. The molecule has 0 saturated carbocycles. The molecule has 0 heterocycles. The topological polar surface area (TPSA) is 38.8 Å². The fourth-order valence-corrected chi connectivity index (χ4v) is 9.39. The summed E-state index contributed by atoms with van der Waals surface area (Å²) in [5.41, 5.74) is 1.59. The summed E-state index contributed by atoms with van der Waals surface area (Å²) in [4.78, 5) is 13.0. The van der Waals surface area contributed by atoms with Crippen LogP contribution < -0.4 is 0 Å². The van der Waals surface area contributed by atoms with Crippen LogP contribution in [0.5, 0.6) is 0 Å². The van der Waals surface area contributed by atoms with Crippen molar-refractivity contribution in [2.24, 2.45) is 0 Å². The molecule has 4 nitrogen and oxygen atoms in total. The first-order valence-electron chi connectivity index (χ1n) is 10.5. The summed E-state index contributed by atoms with van der Waals surface area (Å²) in [6.45, 7) is 23.4. The van der Waals surface area contributed by atoms with Gasteiger partial charge >= 0.3 is 6.09 Å². The number of carbonyl (C=O) groups excluding carboxylic acids is 1. The van der Waals surface area contributed by atoms with E-state index in [-0.39, 0.29) is 0 Å². The van der Waals surface area contributed by atoms with Crippen molar-refractivity contribution in [3.8, 4) is 35.6 Å². The summed E-state index contributed by atoms with van der Waals surface area (Å²) in [6.07, 6.45) is -0.0676. The van der Waals surface area contributed by atoms with Crippen LogP contribution in [0.3, 0.4) is 0 Å². The molecule has 0 radical (unpaired) electrons. The molecule has 0 N–H and O–H groups in total. The number of amides is 1. The van der Waals surface area contributed by atoms with Crippen LogP contribution in [0, 0.1) is 35.6 Å². The monoisotopic (exact) mass is 429 g/mol. The minimum absolute atomic E-state index is 0.339. The summed E-state index contributed by atoms with van der Waals surface area (Å²) in [5.74, 6) is 14.7. The van der Waals surface area contributed by atoms with Crippen LogP contribution in [0.15, 0.2) is 12.2 Å². The zero-order valence-electron chi connectivity index (χ0n) is 20.5. The van der Waals surface area contributed by atoms with E-state index in [0.717, 1.165) is 0 Å². The Morgan fingerprint density at radius 1 is 1.07 bits per heavy atom. The Morgan fingerprint density at radius 2 is 1.60 bits per heavy atom. The molecule has 0 aromatic carbocycles. The smallest absolute Gasteiger partial charge is 0.421 e. The Kier molecular flexibility index (Phi) is 11.6. The zero-order valence-corrected chi connectivity index (χ0v) is 21.5. The normalized spacial score (nSPS) is 11.1. The fraction of sp³-hybridized carbons (Fsp3) is 0.640. The van der Waals surface area contributed by atoms with Crippen molar-refractivity contribution >= 4 is 14.4 Å². The van der Waals surface area contributed by atoms with Gasteiger partial charge in [-0.1, -0.05) is 60.0 Å². The van der Waals surface area contributed by atoms with Crippen molar-refractivity contribution in [2.75, 3.05) is 13.7 Å². The van der Waals surface area contributed by atoms with Crippen molar-refractivity contribution < 1.29 is 14.0 Å². The average Bonchev–Trinajstić information content (AvgIpc) is 2.63. The Hall–Kier alpha value is -2.13. The van der Waals surface area contributed by atoms with Gasteiger partial charge in [-0.25, -0.2) is 9.69 Å². The third-order valence-corrected chi connectivity index (χ3v) is 11.2. The van der Waals surface area contributed by atoms with E-state index in [4.69, 9.17) is 9.16 Å². The van der Waals surface area contributed by atoms with Crippen LogP contribution in [0.2, 0.25) is 16.6 Å². The number of nitrogens with zero attached hydrogens (tertiary/aromatic N) is 1. The van der Waals surface area contributed by atoms with Crippen LogP contribution in [0.1, 0.15) is 68.7 Å². The third-order valence-electron chi connectivity index (χ3n) is 4.91. The molecule has 0 unspecified atom stereocenters. The molecule has 0 spiro atoms. The lowest BCUT2D eigenvalue weighted by atomic mass is 10.1. The van der Waals surface area contributed by atoms with Gasteiger partial charge in [-0.2, -0.15) is 0 Å². The summed E-state index contributed by atoms with van der Waals surface area (Å²) in [7, 11) is -0.694. The second-order valence-electron chi connectivity index (χ2n) is 8.87. The molecule has 0 aliphatic heterocycles. The van der Waals surface area contributed by atoms with E-state index < -0.39 is 20.0 Å². The molecule has 5 heteroatoms. The number of carbonyl (C=O) groups is 1. The van der Waals surface area contributed by atoms with Gasteiger partial charge in [-0.05, 0) is 60.7 Å². The van der Waals surface area contributed by atoms with Gasteiger partial charge in [0.2, 0.25) is 8.32 Å². The van der Waals surface area contributed by atoms with Crippen LogP contribution in [-0.2, 0) is 9.16 Å². The molecule has 0 fully saturated rings. The van der Waals surface area contributed by atoms with Crippen LogP contribution in [0.25, 0.3) is 0 Å². The SMILES string of the molecule is C=C(C)C#CN(CCC#CC#CC(C)(C)O[Si](C(C)C)(C(C)C)C(C)C)C(=O)OC. The predicted octanol–water partition coefficient (Wildman–Crippen LogP) is 5.96. The molecule has 0 rings (SSSR count). The highest BCUT2D eigenvalue weighted by Gasteiger charge is 2.48. The second kappa shape index (κ2) is 12.5. The molecular formula is C25H39NO3Si. The molecule has 0 saturated heterocycles. The largest absolute Gasteiger partial charge is 0.452 e. The molecule has 0 atom stereocenters. The van der Waals surface area contributed by atoms with Crippen molar-refractivity contribution in [1.82, 2.24) is 4.90 Å². The Labute approximate surface area is 185 Å². The third kappa shape index (κ3) is 8.70. The molecule has 30 heavy (non-hydrogen) atoms. The first kappa shape index (κ1) is 27.9. The predicted molar refractivity (Wildman–Crippen MR) is 128 cm³/mol. The standard InChI is InChI=1S/C25H39NO3Si/c1-20(2)16-19-26(24(27)28-11)18-15-13-12-14-17-25(9,10)29-30(21(3)4,22(5)6)23(7)8/h21-23H,1,15,18H2,2-11H3. The summed E-state index contributed by atoms with van der Waals surface area (Å²) < 4.78 is 11.5. The number of rotatable bonds is 7. The van der Waals surface area contributed by atoms with E-state index in [1.165, 1.54) is 12.0 Å². The Bertz CT molecular complexity index is 755. The van der Waals surface area contributed by atoms with Gasteiger partial charge in [0.15, 0.2) is 0 Å². The molecule has 166 valence electrons. The average molecular weight is 430 g/mol. The number of hydrogen-bond acceptors (Lipinski definition) is 3. The highest BCUT2D eigenvalue weighted by Crippen LogP contribution is 2.44. The first-order valence-corrected chi connectivity index (χ1v) is 12.7. The van der Waals surface area contributed by atoms with Gasteiger partial charge in [0.1, 0.15) is 5.60 Å². The van der Waals surface area contributed by atoms with E-state index in [9.17, 15) is 4.79 Å². The maximum absolute atomic E-state index is 11.8. The van der Waals surface area contributed by atoms with Gasteiger partial charge in [-0.15, -0.1) is 0 Å². The summed E-state index contributed by atoms with van der Waals surface area (Å²) >= 11 is 0. The number of methoxy groups -OCH3 is 1. The van der Waals surface area contributed by atoms with Crippen molar-refractivity contribution in [3.05, 3.63) is 12.2 Å². The Morgan fingerprint density at radius 3 is 2.03 bits per heavy atom. The highest BCUT2D eigenvalue weighted by molar-refractivity contribution is 6.77. The van der Waals surface area contributed by atoms with Crippen LogP contribution >= 0.6 is 0 Å². The van der Waals surface area contributed by atoms with E-state index >= 15 is 0 Å². The first-order chi connectivity index (χ1) is 13.8. The lowest BCUT2D eigenvalue weighted by Gasteiger charge is -2.46. The van der Waals surface area contributed by atoms with E-state index in [1.54, 1.807) is 6.92 Å². The van der Waals surface area contributed by atoms with Gasteiger partial charge in [0, 0.05) is 19.0 Å². The number of hydrogen-bond donors (Lipinski definition) is 0. The lowest BCUT2D eigenvalue weighted by Crippen LogP contribution is -2.52. The molecule has 0 aliphatic rings. The summed E-state index contributed by atoms with van der Waals surface area (Å²) in [5, 5.41) is 0. The number of ether oxygens (including phenoxy) is 1. The molecule has 0 aromatic heterocycles.